The molecule has 0 aromatic carbocycles. The zero-order chi connectivity index (χ0) is 71.1. The van der Waals surface area contributed by atoms with Gasteiger partial charge in [0.15, 0.2) is 43.5 Å². The van der Waals surface area contributed by atoms with E-state index < -0.39 is 242 Å². The van der Waals surface area contributed by atoms with Crippen molar-refractivity contribution in [2.45, 2.75) is 294 Å². The van der Waals surface area contributed by atoms with Gasteiger partial charge in [-0.25, -0.2) is 0 Å². The van der Waals surface area contributed by atoms with Gasteiger partial charge in [0.2, 0.25) is 0 Å². The van der Waals surface area contributed by atoms with E-state index in [1.807, 2.05) is 13.8 Å². The molecule has 0 bridgehead atoms. The van der Waals surface area contributed by atoms with Gasteiger partial charge < -0.3 is 174 Å². The molecule has 4 aliphatic carbocycles. The van der Waals surface area contributed by atoms with E-state index in [0.717, 1.165) is 32.1 Å². The first-order chi connectivity index (χ1) is 46.4. The first-order valence-corrected chi connectivity index (χ1v) is 34.5. The lowest BCUT2D eigenvalue weighted by atomic mass is 9.44. The Labute approximate surface area is 564 Å². The minimum atomic E-state index is -2.27. The number of aliphatic hydroxyl groups excluding tert-OH is 21. The van der Waals surface area contributed by atoms with Crippen LogP contribution in [0.25, 0.3) is 0 Å². The fraction of sp³-hybridized carbons (Fsp3) is 1.00. The van der Waals surface area contributed by atoms with E-state index in [-0.39, 0.29) is 65.0 Å². The Morgan fingerprint density at radius 2 is 0.878 bits per heavy atom. The van der Waals surface area contributed by atoms with Gasteiger partial charge in [-0.15, -0.1) is 0 Å². The third-order valence-corrected chi connectivity index (χ3v) is 24.4. The zero-order valence-corrected chi connectivity index (χ0v) is 55.1. The molecule has 43 atom stereocenters. The number of rotatable bonds is 22. The molecular weight excluding hydrogens is 1320 g/mol. The molecule has 4 unspecified atom stereocenters. The summed E-state index contributed by atoms with van der Waals surface area (Å²) in [6, 6.07) is 0. The van der Waals surface area contributed by atoms with Crippen molar-refractivity contribution < 1.29 is 174 Å². The summed E-state index contributed by atoms with van der Waals surface area (Å²) in [7, 11) is 0. The molecule has 7 heterocycles. The summed E-state index contributed by atoms with van der Waals surface area (Å²) in [6.45, 7) is 3.13. The average molecular weight is 1420 g/mol. The molecule has 7 saturated heterocycles. The SMILES string of the molecule is C[C@H](CCC1(O)O[C@H]2C[C@H]3[C@@H]4CCC5CC(O[C@@H]6O[C@H](CO)[C@@H](O[C@@H]7O[C@H](CO)[C@@H](O)[C@H](O[C@@H]8O[C@H](CO)[C@@H](O)[C@H](O)[C@H]8O)[C@H]7O[C@@H]7O[C@H](CO)[C@@H](O)[C@H](O[C@@H]8O[C@H](CO)[C@@H](O)[C@H](O)[C@H]8O)[C@H]7O)[C@H](O)[C@H]6O)C(O)C[C@]5(C)[C@H]4CC[C@]3(C)[C@H]2[C@@H]1C)CO[C@@H]1O[C@H](CO)[C@@H](O)[C@H](O)[C@H]1O. The van der Waals surface area contributed by atoms with E-state index in [1.165, 1.54) is 0 Å². The van der Waals surface area contributed by atoms with Gasteiger partial charge in [-0.1, -0.05) is 27.7 Å². The normalized spacial score (nSPS) is 55.5. The van der Waals surface area contributed by atoms with Gasteiger partial charge in [-0.05, 0) is 97.7 Å². The summed E-state index contributed by atoms with van der Waals surface area (Å²) in [5.74, 6) is -0.945. The summed E-state index contributed by atoms with van der Waals surface area (Å²) < 4.78 is 77.7. The van der Waals surface area contributed by atoms with Crippen molar-refractivity contribution in [3.63, 3.8) is 0 Å². The summed E-state index contributed by atoms with van der Waals surface area (Å²) in [5, 5.41) is 240. The van der Waals surface area contributed by atoms with Gasteiger partial charge in [0.25, 0.3) is 0 Å². The Morgan fingerprint density at radius 3 is 1.44 bits per heavy atom. The second-order valence-corrected chi connectivity index (χ2v) is 30.0. The zero-order valence-electron chi connectivity index (χ0n) is 55.1. The van der Waals surface area contributed by atoms with Gasteiger partial charge in [0.05, 0.1) is 64.6 Å². The maximum Gasteiger partial charge on any atom is 0.187 e. The highest BCUT2D eigenvalue weighted by Crippen LogP contribution is 2.71. The van der Waals surface area contributed by atoms with E-state index in [1.54, 1.807) is 0 Å². The molecule has 0 spiro atoms. The molecule has 11 fully saturated rings. The molecule has 35 heteroatoms. The van der Waals surface area contributed by atoms with Crippen LogP contribution in [0.4, 0.5) is 0 Å². The summed E-state index contributed by atoms with van der Waals surface area (Å²) >= 11 is 0. The van der Waals surface area contributed by atoms with Gasteiger partial charge in [-0.3, -0.25) is 0 Å². The lowest BCUT2D eigenvalue weighted by Crippen LogP contribution is -2.69. The highest BCUT2D eigenvalue weighted by molar-refractivity contribution is 5.16. The highest BCUT2D eigenvalue weighted by atomic mass is 16.8. The Hall–Kier alpha value is -1.40. The first-order valence-electron chi connectivity index (χ1n) is 34.5. The van der Waals surface area contributed by atoms with E-state index in [9.17, 15) is 112 Å². The lowest BCUT2D eigenvalue weighted by Gasteiger charge is -2.62. The molecule has 35 nitrogen and oxygen atoms in total. The lowest BCUT2D eigenvalue weighted by molar-refractivity contribution is -0.412. The van der Waals surface area contributed by atoms with Crippen LogP contribution in [0.2, 0.25) is 0 Å². The summed E-state index contributed by atoms with van der Waals surface area (Å²) in [6.07, 6.45) is -52.7. The summed E-state index contributed by atoms with van der Waals surface area (Å²) in [4.78, 5) is 0. The molecule has 4 saturated carbocycles. The van der Waals surface area contributed by atoms with Crippen molar-refractivity contribution >= 4 is 0 Å². The second kappa shape index (κ2) is 31.2. The minimum absolute atomic E-state index is 0.0234. The van der Waals surface area contributed by atoms with E-state index >= 15 is 0 Å². The fourth-order valence-corrected chi connectivity index (χ4v) is 18.6. The number of hydrogen-bond acceptors (Lipinski definition) is 35. The van der Waals surface area contributed by atoms with Crippen LogP contribution in [0.15, 0.2) is 0 Å². The largest absolute Gasteiger partial charge is 0.394 e. The molecule has 0 aromatic rings. The third-order valence-electron chi connectivity index (χ3n) is 24.4. The van der Waals surface area contributed by atoms with Crippen molar-refractivity contribution in [3.05, 3.63) is 0 Å². The Morgan fingerprint density at radius 1 is 0.429 bits per heavy atom. The van der Waals surface area contributed by atoms with Crippen LogP contribution in [-0.4, -0.2) is 367 Å². The molecule has 11 rings (SSSR count). The van der Waals surface area contributed by atoms with Crippen LogP contribution in [0.3, 0.4) is 0 Å². The molecule has 568 valence electrons. The molecule has 0 aromatic heterocycles. The predicted octanol–water partition coefficient (Wildman–Crippen LogP) is -9.34. The van der Waals surface area contributed by atoms with Crippen molar-refractivity contribution in [3.8, 4) is 0 Å². The first kappa shape index (κ1) is 77.7. The van der Waals surface area contributed by atoms with Crippen LogP contribution in [0, 0.1) is 52.3 Å². The fourth-order valence-electron chi connectivity index (χ4n) is 18.6. The van der Waals surface area contributed by atoms with Gasteiger partial charge in [0, 0.05) is 12.3 Å². The average Bonchev–Trinajstić information content (AvgIpc) is 1.41. The van der Waals surface area contributed by atoms with Crippen LogP contribution in [0.1, 0.15) is 85.5 Å². The van der Waals surface area contributed by atoms with Crippen LogP contribution >= 0.6 is 0 Å². The van der Waals surface area contributed by atoms with E-state index in [2.05, 4.69) is 13.8 Å². The van der Waals surface area contributed by atoms with Crippen LogP contribution < -0.4 is 0 Å². The van der Waals surface area contributed by atoms with Crippen molar-refractivity contribution in [2.75, 3.05) is 46.2 Å². The van der Waals surface area contributed by atoms with Crippen LogP contribution in [0.5, 0.6) is 0 Å². The number of aliphatic hydroxyl groups is 22. The maximum atomic E-state index is 12.2. The maximum absolute atomic E-state index is 12.2. The standard InChI is InChI=1S/C63H106O35/c1-21(20-86-55-46(80)42(76)37(71)30(14-64)88-55)7-10-63(85)22(2)36-29(98-63)12-26-24-6-5-23-11-28(27(70)13-62(23,4)25(24)8-9-61(26,36)3)87-56-49(83)45(79)51(35(19-69)93-56)94-60-54(53(41(75)34(18-68)92-60)96-58-48(82)44(78)39(73)32(16-66)90-58)97-59-50(84)52(40(74)33(17-67)91-59)95-57-47(81)43(77)38(72)31(15-65)89-57/h21-60,64-85H,5-20H2,1-4H3/t21-,22+,23?,24-,25+,26+,27?,28?,29+,30-,31-,32-,33-,34-,35-,36+,37-,38-,39-,40-,41-,42+,43+,44+,45-,46-,47-,48-,49-,50-,51-,52+,53+,54-,55-,56-,57+,58+,59+,60+,61+,62+,63?/m1/s1. The van der Waals surface area contributed by atoms with Gasteiger partial charge >= 0.3 is 0 Å². The number of ether oxygens (including phenoxy) is 13. The molecular formula is C63H106O35. The molecule has 0 radical (unpaired) electrons. The van der Waals surface area contributed by atoms with Crippen molar-refractivity contribution in [2.24, 2.45) is 52.3 Å². The van der Waals surface area contributed by atoms with Gasteiger partial charge in [0.1, 0.15) is 146 Å². The van der Waals surface area contributed by atoms with Crippen molar-refractivity contribution in [1.82, 2.24) is 0 Å². The molecule has 22 N–H and O–H groups in total. The van der Waals surface area contributed by atoms with Crippen LogP contribution in [-0.2, 0) is 61.6 Å². The quantitative estimate of drug-likeness (QED) is 0.0448. The molecule has 7 aliphatic heterocycles. The molecule has 98 heavy (non-hydrogen) atoms. The molecule has 11 aliphatic rings. The topological polar surface area (TPSA) is 565 Å². The monoisotopic (exact) mass is 1420 g/mol. The second-order valence-electron chi connectivity index (χ2n) is 30.0. The molecule has 0 amide bonds. The smallest absolute Gasteiger partial charge is 0.187 e. The third kappa shape index (κ3) is 14.3. The Bertz CT molecular complexity index is 2550. The highest BCUT2D eigenvalue weighted by Gasteiger charge is 2.69. The summed E-state index contributed by atoms with van der Waals surface area (Å²) in [5.41, 5.74) is -0.528. The van der Waals surface area contributed by atoms with Crippen molar-refractivity contribution in [1.29, 1.82) is 0 Å². The van der Waals surface area contributed by atoms with E-state index in [4.69, 9.17) is 61.6 Å². The minimum Gasteiger partial charge on any atom is -0.394 e. The van der Waals surface area contributed by atoms with E-state index in [0.29, 0.717) is 25.7 Å². The Kier molecular flexibility index (Phi) is 24.7. The van der Waals surface area contributed by atoms with Gasteiger partial charge in [-0.2, -0.15) is 0 Å². The number of hydrogen-bond donors (Lipinski definition) is 22. The Balaban J connectivity index is 0.752. The predicted molar refractivity (Wildman–Crippen MR) is 318 cm³/mol. The number of fused-ring (bicyclic) bond motifs is 7.